The molecule has 0 amide bonds. The maximum atomic E-state index is 3.45. The Bertz CT molecular complexity index is 425. The molecule has 2 rings (SSSR count). The molecule has 0 radical (unpaired) electrons. The average molecular weight is 260 g/mol. The van der Waals surface area contributed by atoms with Crippen molar-refractivity contribution in [2.45, 2.75) is 52.1 Å². The van der Waals surface area contributed by atoms with Gasteiger partial charge in [0, 0.05) is 19.1 Å². The van der Waals surface area contributed by atoms with E-state index in [1.807, 2.05) is 0 Å². The van der Waals surface area contributed by atoms with Crippen LogP contribution in [0.5, 0.6) is 0 Å². The van der Waals surface area contributed by atoms with Crippen molar-refractivity contribution in [1.29, 1.82) is 0 Å². The predicted molar refractivity (Wildman–Crippen MR) is 82.6 cm³/mol. The summed E-state index contributed by atoms with van der Waals surface area (Å²) >= 11 is 0. The van der Waals surface area contributed by atoms with Crippen LogP contribution in [0.15, 0.2) is 18.2 Å². The Balaban J connectivity index is 2.14. The fourth-order valence-electron chi connectivity index (χ4n) is 2.72. The van der Waals surface area contributed by atoms with E-state index < -0.39 is 0 Å². The van der Waals surface area contributed by atoms with E-state index in [9.17, 15) is 0 Å². The molecule has 2 nitrogen and oxygen atoms in total. The molecule has 1 aliphatic heterocycles. The molecule has 0 aromatic heterocycles. The third-order valence-electron chi connectivity index (χ3n) is 4.29. The number of benzene rings is 1. The number of nitrogens with zero attached hydrogens (tertiary/aromatic N) is 1. The van der Waals surface area contributed by atoms with Crippen molar-refractivity contribution < 1.29 is 0 Å². The summed E-state index contributed by atoms with van der Waals surface area (Å²) in [5.74, 6) is 0. The molecule has 19 heavy (non-hydrogen) atoms. The molecule has 0 aliphatic carbocycles. The molecule has 1 atom stereocenters. The zero-order valence-electron chi connectivity index (χ0n) is 13.1. The summed E-state index contributed by atoms with van der Waals surface area (Å²) in [5, 5.41) is 3.45. The second kappa shape index (κ2) is 5.64. The maximum Gasteiger partial charge on any atom is 0.0236 e. The zero-order valence-corrected chi connectivity index (χ0v) is 13.1. The molecule has 1 fully saturated rings. The standard InChI is InChI=1S/C17H28N2/c1-13-6-7-15(17(2,3)4)10-14(13)12-19(5)16-8-9-18-11-16/h6-7,10,16,18H,8-9,11-12H2,1-5H3. The molecule has 1 saturated heterocycles. The van der Waals surface area contributed by atoms with Gasteiger partial charge in [-0.1, -0.05) is 39.0 Å². The third kappa shape index (κ3) is 3.58. The molecular weight excluding hydrogens is 232 g/mol. The fourth-order valence-corrected chi connectivity index (χ4v) is 2.72. The molecule has 1 N–H and O–H groups in total. The van der Waals surface area contributed by atoms with E-state index in [-0.39, 0.29) is 5.41 Å². The van der Waals surface area contributed by atoms with Crippen LogP contribution in [-0.2, 0) is 12.0 Å². The van der Waals surface area contributed by atoms with Gasteiger partial charge in [-0.15, -0.1) is 0 Å². The highest BCUT2D eigenvalue weighted by Gasteiger charge is 2.20. The summed E-state index contributed by atoms with van der Waals surface area (Å²) in [6, 6.07) is 7.64. The van der Waals surface area contributed by atoms with E-state index in [1.54, 1.807) is 0 Å². The van der Waals surface area contributed by atoms with Gasteiger partial charge in [-0.05, 0) is 49.0 Å². The van der Waals surface area contributed by atoms with Gasteiger partial charge in [0.15, 0.2) is 0 Å². The molecule has 1 aliphatic rings. The van der Waals surface area contributed by atoms with Crippen molar-refractivity contribution >= 4 is 0 Å². The lowest BCUT2D eigenvalue weighted by molar-refractivity contribution is 0.248. The van der Waals surface area contributed by atoms with Crippen LogP contribution in [0.4, 0.5) is 0 Å². The van der Waals surface area contributed by atoms with Crippen molar-refractivity contribution in [3.8, 4) is 0 Å². The van der Waals surface area contributed by atoms with Crippen LogP contribution in [0.1, 0.15) is 43.9 Å². The van der Waals surface area contributed by atoms with E-state index >= 15 is 0 Å². The topological polar surface area (TPSA) is 15.3 Å². The zero-order chi connectivity index (χ0) is 14.0. The maximum absolute atomic E-state index is 3.45. The molecule has 0 saturated carbocycles. The molecule has 2 heteroatoms. The molecule has 1 heterocycles. The largest absolute Gasteiger partial charge is 0.315 e. The minimum atomic E-state index is 0.232. The Labute approximate surface area is 118 Å². The van der Waals surface area contributed by atoms with Crippen molar-refractivity contribution in [2.75, 3.05) is 20.1 Å². The Morgan fingerprint density at radius 3 is 2.63 bits per heavy atom. The Morgan fingerprint density at radius 2 is 2.05 bits per heavy atom. The van der Waals surface area contributed by atoms with Crippen LogP contribution < -0.4 is 5.32 Å². The monoisotopic (exact) mass is 260 g/mol. The van der Waals surface area contributed by atoms with Crippen LogP contribution in [0, 0.1) is 6.92 Å². The summed E-state index contributed by atoms with van der Waals surface area (Å²) < 4.78 is 0. The van der Waals surface area contributed by atoms with E-state index in [0.717, 1.165) is 19.6 Å². The van der Waals surface area contributed by atoms with Crippen LogP contribution in [0.25, 0.3) is 0 Å². The minimum absolute atomic E-state index is 0.232. The summed E-state index contributed by atoms with van der Waals surface area (Å²) in [5.41, 5.74) is 4.55. The molecule has 0 bridgehead atoms. The minimum Gasteiger partial charge on any atom is -0.315 e. The summed E-state index contributed by atoms with van der Waals surface area (Å²) in [7, 11) is 2.25. The van der Waals surface area contributed by atoms with Gasteiger partial charge in [0.05, 0.1) is 0 Å². The molecule has 1 aromatic rings. The highest BCUT2D eigenvalue weighted by Crippen LogP contribution is 2.25. The van der Waals surface area contributed by atoms with E-state index in [2.05, 4.69) is 63.2 Å². The quantitative estimate of drug-likeness (QED) is 0.898. The van der Waals surface area contributed by atoms with Gasteiger partial charge in [-0.3, -0.25) is 4.90 Å². The lowest BCUT2D eigenvalue weighted by atomic mass is 9.85. The average Bonchev–Trinajstić information content (AvgIpc) is 2.84. The van der Waals surface area contributed by atoms with Crippen LogP contribution in [0.2, 0.25) is 0 Å². The number of hydrogen-bond acceptors (Lipinski definition) is 2. The Kier molecular flexibility index (Phi) is 4.32. The highest BCUT2D eigenvalue weighted by molar-refractivity contribution is 5.34. The van der Waals surface area contributed by atoms with Crippen LogP contribution in [0.3, 0.4) is 0 Å². The SMILES string of the molecule is Cc1ccc(C(C)(C)C)cc1CN(C)C1CCNC1. The van der Waals surface area contributed by atoms with E-state index in [1.165, 1.54) is 23.1 Å². The van der Waals surface area contributed by atoms with E-state index in [4.69, 9.17) is 0 Å². The predicted octanol–water partition coefficient (Wildman–Crippen LogP) is 3.09. The molecule has 106 valence electrons. The van der Waals surface area contributed by atoms with Gasteiger partial charge >= 0.3 is 0 Å². The van der Waals surface area contributed by atoms with Gasteiger partial charge < -0.3 is 5.32 Å². The summed E-state index contributed by atoms with van der Waals surface area (Å²) in [6.45, 7) is 12.4. The first kappa shape index (κ1) is 14.5. The Hall–Kier alpha value is -0.860. The summed E-state index contributed by atoms with van der Waals surface area (Å²) in [6.07, 6.45) is 1.27. The molecule has 1 aromatic carbocycles. The van der Waals surface area contributed by atoms with Gasteiger partial charge in [0.2, 0.25) is 0 Å². The van der Waals surface area contributed by atoms with E-state index in [0.29, 0.717) is 6.04 Å². The lowest BCUT2D eigenvalue weighted by Crippen LogP contribution is -2.33. The van der Waals surface area contributed by atoms with Crippen LogP contribution >= 0.6 is 0 Å². The number of likely N-dealkylation sites (N-methyl/N-ethyl adjacent to an activating group) is 1. The third-order valence-corrected chi connectivity index (χ3v) is 4.29. The number of aryl methyl sites for hydroxylation is 1. The summed E-state index contributed by atoms with van der Waals surface area (Å²) in [4.78, 5) is 2.49. The second-order valence-electron chi connectivity index (χ2n) is 6.95. The fraction of sp³-hybridized carbons (Fsp3) is 0.647. The first-order valence-electron chi connectivity index (χ1n) is 7.39. The van der Waals surface area contributed by atoms with Crippen molar-refractivity contribution in [3.05, 3.63) is 34.9 Å². The lowest BCUT2D eigenvalue weighted by Gasteiger charge is -2.26. The van der Waals surface area contributed by atoms with Crippen molar-refractivity contribution in [3.63, 3.8) is 0 Å². The normalized spacial score (nSPS) is 20.2. The smallest absolute Gasteiger partial charge is 0.0236 e. The number of rotatable bonds is 3. The molecule has 0 spiro atoms. The van der Waals surface area contributed by atoms with Gasteiger partial charge in [0.25, 0.3) is 0 Å². The molecule has 1 unspecified atom stereocenters. The number of hydrogen-bond donors (Lipinski definition) is 1. The highest BCUT2D eigenvalue weighted by atomic mass is 15.2. The Morgan fingerprint density at radius 1 is 1.32 bits per heavy atom. The second-order valence-corrected chi connectivity index (χ2v) is 6.95. The van der Waals surface area contributed by atoms with Gasteiger partial charge in [-0.2, -0.15) is 0 Å². The van der Waals surface area contributed by atoms with Crippen LogP contribution in [-0.4, -0.2) is 31.1 Å². The number of nitrogens with one attached hydrogen (secondary N) is 1. The van der Waals surface area contributed by atoms with Gasteiger partial charge in [-0.25, -0.2) is 0 Å². The van der Waals surface area contributed by atoms with Crippen molar-refractivity contribution in [2.24, 2.45) is 0 Å². The van der Waals surface area contributed by atoms with Gasteiger partial charge in [0.1, 0.15) is 0 Å². The molecular formula is C17H28N2. The first-order chi connectivity index (χ1) is 8.88. The first-order valence-corrected chi connectivity index (χ1v) is 7.39. The van der Waals surface area contributed by atoms with Crippen molar-refractivity contribution in [1.82, 2.24) is 10.2 Å².